The van der Waals surface area contributed by atoms with Crippen LogP contribution in [0, 0.1) is 21.7 Å². The molecule has 5 heterocycles. The van der Waals surface area contributed by atoms with Crippen LogP contribution in [0.1, 0.15) is 120 Å². The van der Waals surface area contributed by atoms with E-state index in [2.05, 4.69) is 78.2 Å². The molecule has 2 N–H and O–H groups in total. The van der Waals surface area contributed by atoms with Crippen molar-refractivity contribution < 1.29 is 9.59 Å². The minimum Gasteiger partial charge on any atom is -0.368 e. The quantitative estimate of drug-likeness (QED) is 0.363. The summed E-state index contributed by atoms with van der Waals surface area (Å²) in [4.78, 5) is 33.6. The predicted molar refractivity (Wildman–Crippen MR) is 160 cm³/mol. The lowest BCUT2D eigenvalue weighted by atomic mass is 9.58. The molecule has 0 bridgehead atoms. The van der Waals surface area contributed by atoms with Gasteiger partial charge in [-0.2, -0.15) is 0 Å². The summed E-state index contributed by atoms with van der Waals surface area (Å²) in [5, 5.41) is 7.77. The number of allylic oxidation sites excluding steroid dienone is 4. The summed E-state index contributed by atoms with van der Waals surface area (Å²) >= 11 is 0. The molecule has 0 saturated carbocycles. The van der Waals surface area contributed by atoms with E-state index in [1.54, 1.807) is 0 Å². The Morgan fingerprint density at radius 3 is 2.12 bits per heavy atom. The van der Waals surface area contributed by atoms with Gasteiger partial charge in [0.25, 0.3) is 0 Å². The molecule has 0 aromatic heterocycles. The molecular formula is C34H52N4O2. The fraction of sp³-hybridized carbons (Fsp3) is 0.765. The molecule has 0 aromatic carbocycles. The third-order valence-corrected chi connectivity index (χ3v) is 12.6. The number of unbranched alkanes of at least 4 members (excludes halogenated alkanes) is 1. The predicted octanol–water partition coefficient (Wildman–Crippen LogP) is 6.36. The summed E-state index contributed by atoms with van der Waals surface area (Å²) in [6, 6.07) is -0.820. The van der Waals surface area contributed by atoms with E-state index in [0.717, 1.165) is 38.5 Å². The van der Waals surface area contributed by atoms with Crippen LogP contribution in [0.25, 0.3) is 0 Å². The number of nitrogens with zero attached hydrogens (tertiary/aromatic N) is 2. The van der Waals surface area contributed by atoms with Crippen LogP contribution in [0.4, 0.5) is 0 Å². The fourth-order valence-electron chi connectivity index (χ4n) is 10.1. The molecule has 0 unspecified atom stereocenters. The average molecular weight is 549 g/mol. The zero-order valence-corrected chi connectivity index (χ0v) is 26.2. The Labute approximate surface area is 242 Å². The van der Waals surface area contributed by atoms with Crippen LogP contribution in [0.2, 0.25) is 0 Å². The Bertz CT molecular complexity index is 1210. The maximum Gasteiger partial charge on any atom is 0.247 e. The first-order chi connectivity index (χ1) is 18.9. The Kier molecular flexibility index (Phi) is 6.37. The Morgan fingerprint density at radius 2 is 1.52 bits per heavy atom. The summed E-state index contributed by atoms with van der Waals surface area (Å²) in [7, 11) is 0. The van der Waals surface area contributed by atoms with Crippen molar-refractivity contribution >= 4 is 11.8 Å². The molecule has 0 radical (unpaired) electrons. The van der Waals surface area contributed by atoms with Gasteiger partial charge in [-0.3, -0.25) is 9.59 Å². The number of rotatable bonds is 7. The lowest BCUT2D eigenvalue weighted by molar-refractivity contribution is -0.162. The van der Waals surface area contributed by atoms with Gasteiger partial charge in [-0.05, 0) is 93.6 Å². The van der Waals surface area contributed by atoms with Gasteiger partial charge in [-0.25, -0.2) is 0 Å². The molecule has 3 fully saturated rings. The lowest BCUT2D eigenvalue weighted by Gasteiger charge is -2.47. The van der Waals surface area contributed by atoms with E-state index in [0.29, 0.717) is 12.8 Å². The molecule has 0 aromatic rings. The largest absolute Gasteiger partial charge is 0.368 e. The van der Waals surface area contributed by atoms with Gasteiger partial charge in [0, 0.05) is 22.2 Å². The van der Waals surface area contributed by atoms with Gasteiger partial charge in [-0.15, -0.1) is 0 Å². The Hall–Kier alpha value is -2.24. The van der Waals surface area contributed by atoms with Crippen molar-refractivity contribution in [3.63, 3.8) is 0 Å². The smallest absolute Gasteiger partial charge is 0.247 e. The molecule has 3 saturated heterocycles. The normalized spacial score (nSPS) is 37.1. The number of carbonyl (C=O) groups is 2. The SMILES string of the molecule is CC=CC(C)(C)[C@@]12C[C@H]3C(=O)N4[C@H]5NC(CCCC)=C(C)[C@@]5(C(C)(C)CC)C[C@H]4C(=O)N3[C@@H]1NC1=C2CCCC1. The van der Waals surface area contributed by atoms with Crippen LogP contribution in [0.3, 0.4) is 0 Å². The maximum atomic E-state index is 14.8. The summed E-state index contributed by atoms with van der Waals surface area (Å²) < 4.78 is 0. The number of nitrogens with one attached hydrogen (secondary N) is 2. The number of hydrogen-bond acceptors (Lipinski definition) is 4. The molecule has 6 aliphatic rings. The van der Waals surface area contributed by atoms with E-state index < -0.39 is 12.1 Å². The van der Waals surface area contributed by atoms with Crippen molar-refractivity contribution in [1.29, 1.82) is 0 Å². The summed E-state index contributed by atoms with van der Waals surface area (Å²) in [6.07, 6.45) is 14.4. The highest BCUT2D eigenvalue weighted by atomic mass is 16.2. The number of hydrogen-bond donors (Lipinski definition) is 2. The molecule has 2 amide bonds. The third-order valence-electron chi connectivity index (χ3n) is 12.6. The van der Waals surface area contributed by atoms with Gasteiger partial charge < -0.3 is 20.4 Å². The Balaban J connectivity index is 1.44. The second-order valence-corrected chi connectivity index (χ2v) is 14.8. The highest BCUT2D eigenvalue weighted by Crippen LogP contribution is 2.66. The van der Waals surface area contributed by atoms with Crippen molar-refractivity contribution in [3.8, 4) is 0 Å². The lowest BCUT2D eigenvalue weighted by Crippen LogP contribution is -2.67. The number of carbonyl (C=O) groups excluding carboxylic acids is 2. The van der Waals surface area contributed by atoms with Crippen molar-refractivity contribution in [3.05, 3.63) is 34.7 Å². The van der Waals surface area contributed by atoms with Crippen LogP contribution in [0.15, 0.2) is 34.7 Å². The van der Waals surface area contributed by atoms with Crippen molar-refractivity contribution in [2.45, 2.75) is 144 Å². The van der Waals surface area contributed by atoms with E-state index in [-0.39, 0.29) is 45.8 Å². The van der Waals surface area contributed by atoms with Crippen LogP contribution in [0.5, 0.6) is 0 Å². The minimum absolute atomic E-state index is 0.0466. The average Bonchev–Trinajstić information content (AvgIpc) is 3.62. The van der Waals surface area contributed by atoms with E-state index >= 15 is 0 Å². The van der Waals surface area contributed by atoms with E-state index in [1.165, 1.54) is 35.4 Å². The Morgan fingerprint density at radius 1 is 0.925 bits per heavy atom. The van der Waals surface area contributed by atoms with Crippen molar-refractivity contribution in [2.24, 2.45) is 21.7 Å². The number of amides is 2. The first-order valence-electron chi connectivity index (χ1n) is 16.2. The van der Waals surface area contributed by atoms with Crippen LogP contribution < -0.4 is 10.6 Å². The third kappa shape index (κ3) is 3.22. The summed E-state index contributed by atoms with van der Waals surface area (Å²) in [6.45, 7) is 18.2. The van der Waals surface area contributed by atoms with Gasteiger partial charge in [0.1, 0.15) is 24.4 Å². The molecule has 6 heteroatoms. The monoisotopic (exact) mass is 548 g/mol. The highest BCUT2D eigenvalue weighted by molar-refractivity contribution is 5.99. The standard InChI is InChI=1S/C34H52N4O2/c1-9-12-16-23-21(4)33(31(5,6)11-3)19-25-27(39)38-26(28(40)37(25)29(33)35-23)20-34(32(7,8)18-10-2)22-15-13-14-17-24(22)36-30(34)38/h10,18,25-26,29-30,35-36H,9,11-17,19-20H2,1-8H3/t25-,26-,29+,30-,33-,34+/m0/s1. The zero-order chi connectivity index (χ0) is 28.8. The van der Waals surface area contributed by atoms with Crippen LogP contribution in [-0.4, -0.2) is 46.0 Å². The molecule has 40 heavy (non-hydrogen) atoms. The van der Waals surface area contributed by atoms with Crippen LogP contribution >= 0.6 is 0 Å². The minimum atomic E-state index is -0.413. The molecule has 6 atom stereocenters. The molecular weight excluding hydrogens is 496 g/mol. The van der Waals surface area contributed by atoms with Crippen molar-refractivity contribution in [2.75, 3.05) is 0 Å². The summed E-state index contributed by atoms with van der Waals surface area (Å²) in [5.74, 6) is 0.315. The summed E-state index contributed by atoms with van der Waals surface area (Å²) in [5.41, 5.74) is 4.81. The van der Waals surface area contributed by atoms with Gasteiger partial charge in [0.2, 0.25) is 11.8 Å². The first kappa shape index (κ1) is 27.9. The van der Waals surface area contributed by atoms with E-state index in [4.69, 9.17) is 0 Å². The molecule has 6 nitrogen and oxygen atoms in total. The highest BCUT2D eigenvalue weighted by Gasteiger charge is 2.73. The molecule has 1 aliphatic carbocycles. The van der Waals surface area contributed by atoms with Gasteiger partial charge in [0.15, 0.2) is 0 Å². The second-order valence-electron chi connectivity index (χ2n) is 14.8. The van der Waals surface area contributed by atoms with Crippen LogP contribution in [-0.2, 0) is 9.59 Å². The van der Waals surface area contributed by atoms with Gasteiger partial charge >= 0.3 is 0 Å². The molecule has 0 spiro atoms. The topological polar surface area (TPSA) is 64.7 Å². The zero-order valence-electron chi connectivity index (χ0n) is 26.2. The number of piperazine rings is 1. The second kappa shape index (κ2) is 9.13. The van der Waals surface area contributed by atoms with Gasteiger partial charge in [0.05, 0.1) is 0 Å². The van der Waals surface area contributed by atoms with Crippen molar-refractivity contribution in [1.82, 2.24) is 20.4 Å². The molecule has 220 valence electrons. The number of fused-ring (bicyclic) bond motifs is 7. The van der Waals surface area contributed by atoms with E-state index in [9.17, 15) is 9.59 Å². The maximum absolute atomic E-state index is 14.8. The fourth-order valence-corrected chi connectivity index (χ4v) is 10.1. The van der Waals surface area contributed by atoms with E-state index in [1.807, 2.05) is 9.80 Å². The molecule has 5 aliphatic heterocycles. The molecule has 6 rings (SSSR count). The first-order valence-corrected chi connectivity index (χ1v) is 16.2. The van der Waals surface area contributed by atoms with Gasteiger partial charge in [-0.1, -0.05) is 60.1 Å².